The van der Waals surface area contributed by atoms with E-state index in [2.05, 4.69) is 4.99 Å². The highest BCUT2D eigenvalue weighted by atomic mass is 16.6. The van der Waals surface area contributed by atoms with Crippen molar-refractivity contribution in [3.8, 4) is 0 Å². The lowest BCUT2D eigenvalue weighted by Gasteiger charge is -2.06. The lowest BCUT2D eigenvalue weighted by molar-refractivity contribution is -0.419. The van der Waals surface area contributed by atoms with Gasteiger partial charge >= 0.3 is 0 Å². The van der Waals surface area contributed by atoms with E-state index in [-0.39, 0.29) is 10.6 Å². The molecule has 4 heteroatoms. The molecule has 4 nitrogen and oxygen atoms in total. The molecule has 0 fully saturated rings. The smallest absolute Gasteiger partial charge is 0.258 e. The van der Waals surface area contributed by atoms with Crippen molar-refractivity contribution in [1.29, 1.82) is 0 Å². The standard InChI is InChI=1S/C9H8N2O2/c1-6-5-10-9-4-7(11(12)13)2-3-8(6)9/h2,4-5H,3H2,1H3. The normalized spacial score (nSPS) is 19.8. The summed E-state index contributed by atoms with van der Waals surface area (Å²) in [5.74, 6) is 0. The van der Waals surface area contributed by atoms with Crippen molar-refractivity contribution >= 4 is 6.21 Å². The van der Waals surface area contributed by atoms with Crippen LogP contribution in [0.3, 0.4) is 0 Å². The maximum absolute atomic E-state index is 10.4. The maximum Gasteiger partial charge on any atom is 0.267 e. The topological polar surface area (TPSA) is 55.5 Å². The van der Waals surface area contributed by atoms with Gasteiger partial charge in [-0.15, -0.1) is 0 Å². The first-order valence-electron chi connectivity index (χ1n) is 3.99. The van der Waals surface area contributed by atoms with E-state index < -0.39 is 0 Å². The van der Waals surface area contributed by atoms with Crippen molar-refractivity contribution in [3.63, 3.8) is 0 Å². The van der Waals surface area contributed by atoms with Gasteiger partial charge in [0.25, 0.3) is 5.70 Å². The average Bonchev–Trinajstić information content (AvgIpc) is 2.47. The fourth-order valence-electron chi connectivity index (χ4n) is 1.45. The van der Waals surface area contributed by atoms with Crippen LogP contribution in [-0.2, 0) is 0 Å². The maximum atomic E-state index is 10.4. The lowest BCUT2D eigenvalue weighted by atomic mass is 10.0. The lowest BCUT2D eigenvalue weighted by Crippen LogP contribution is -2.01. The highest BCUT2D eigenvalue weighted by molar-refractivity contribution is 5.86. The van der Waals surface area contributed by atoms with Crippen molar-refractivity contribution in [2.24, 2.45) is 4.99 Å². The monoisotopic (exact) mass is 176 g/mol. The van der Waals surface area contributed by atoms with Crippen LogP contribution in [0.15, 0.2) is 39.7 Å². The van der Waals surface area contributed by atoms with Gasteiger partial charge in [-0.1, -0.05) is 0 Å². The molecule has 0 unspecified atom stereocenters. The van der Waals surface area contributed by atoms with Gasteiger partial charge in [0, 0.05) is 12.3 Å². The summed E-state index contributed by atoms with van der Waals surface area (Å²) >= 11 is 0. The van der Waals surface area contributed by atoms with Crippen molar-refractivity contribution in [1.82, 2.24) is 0 Å². The number of rotatable bonds is 1. The third kappa shape index (κ3) is 1.20. The summed E-state index contributed by atoms with van der Waals surface area (Å²) in [6, 6.07) is 0. The summed E-state index contributed by atoms with van der Waals surface area (Å²) < 4.78 is 0. The molecule has 0 N–H and O–H groups in total. The van der Waals surface area contributed by atoms with Gasteiger partial charge in [-0.3, -0.25) is 15.1 Å². The zero-order valence-electron chi connectivity index (χ0n) is 7.15. The van der Waals surface area contributed by atoms with Crippen LogP contribution in [0, 0.1) is 10.1 Å². The van der Waals surface area contributed by atoms with Crippen LogP contribution in [0.1, 0.15) is 13.3 Å². The summed E-state index contributed by atoms with van der Waals surface area (Å²) in [5.41, 5.74) is 3.09. The van der Waals surface area contributed by atoms with E-state index >= 15 is 0 Å². The molecule has 1 aliphatic carbocycles. The first-order valence-corrected chi connectivity index (χ1v) is 3.99. The molecule has 0 saturated carbocycles. The second-order valence-electron chi connectivity index (χ2n) is 3.04. The minimum atomic E-state index is -0.382. The molecule has 0 saturated heterocycles. The molecule has 0 atom stereocenters. The molecule has 0 spiro atoms. The minimum absolute atomic E-state index is 0.144. The molecule has 0 aromatic carbocycles. The summed E-state index contributed by atoms with van der Waals surface area (Å²) in [6.07, 6.45) is 5.51. The van der Waals surface area contributed by atoms with E-state index in [1.165, 1.54) is 6.08 Å². The van der Waals surface area contributed by atoms with Gasteiger partial charge in [0.15, 0.2) is 0 Å². The van der Waals surface area contributed by atoms with Crippen molar-refractivity contribution in [2.75, 3.05) is 0 Å². The molecule has 0 aromatic rings. The molecular weight excluding hydrogens is 168 g/mol. The predicted molar refractivity (Wildman–Crippen MR) is 49.0 cm³/mol. The number of hydrogen-bond acceptors (Lipinski definition) is 3. The number of allylic oxidation sites excluding steroid dienone is 4. The fraction of sp³-hybridized carbons (Fsp3) is 0.222. The summed E-state index contributed by atoms with van der Waals surface area (Å²) in [6.45, 7) is 1.96. The van der Waals surface area contributed by atoms with Gasteiger partial charge in [-0.05, 0) is 30.6 Å². The Morgan fingerprint density at radius 1 is 1.62 bits per heavy atom. The van der Waals surface area contributed by atoms with Crippen LogP contribution in [0.4, 0.5) is 0 Å². The van der Waals surface area contributed by atoms with E-state index in [0.29, 0.717) is 6.42 Å². The zero-order chi connectivity index (χ0) is 9.42. The van der Waals surface area contributed by atoms with Crippen LogP contribution < -0.4 is 0 Å². The molecule has 0 bridgehead atoms. The Morgan fingerprint density at radius 2 is 2.38 bits per heavy atom. The second-order valence-corrected chi connectivity index (χ2v) is 3.04. The van der Waals surface area contributed by atoms with E-state index in [9.17, 15) is 10.1 Å². The Morgan fingerprint density at radius 3 is 3.08 bits per heavy atom. The molecule has 66 valence electrons. The Hall–Kier alpha value is -1.71. The number of aliphatic imine (C=N–C) groups is 1. The average molecular weight is 176 g/mol. The highest BCUT2D eigenvalue weighted by Crippen LogP contribution is 2.30. The highest BCUT2D eigenvalue weighted by Gasteiger charge is 2.20. The molecule has 2 aliphatic rings. The first-order chi connectivity index (χ1) is 6.18. The van der Waals surface area contributed by atoms with Gasteiger partial charge in [-0.25, -0.2) is 0 Å². The van der Waals surface area contributed by atoms with Gasteiger partial charge in [-0.2, -0.15) is 0 Å². The van der Waals surface area contributed by atoms with E-state index in [0.717, 1.165) is 16.8 Å². The van der Waals surface area contributed by atoms with Crippen LogP contribution in [0.2, 0.25) is 0 Å². The van der Waals surface area contributed by atoms with Crippen molar-refractivity contribution < 1.29 is 4.92 Å². The van der Waals surface area contributed by atoms with Crippen molar-refractivity contribution in [2.45, 2.75) is 13.3 Å². The Bertz CT molecular complexity index is 400. The quantitative estimate of drug-likeness (QED) is 0.452. The predicted octanol–water partition coefficient (Wildman–Crippen LogP) is 1.84. The fourth-order valence-corrected chi connectivity index (χ4v) is 1.45. The number of fused-ring (bicyclic) bond motifs is 1. The SMILES string of the molecule is CC1=C2CC=C([N+](=O)[O-])C=C2N=C1. The van der Waals surface area contributed by atoms with E-state index in [4.69, 9.17) is 0 Å². The second kappa shape index (κ2) is 2.65. The summed E-state index contributed by atoms with van der Waals surface area (Å²) in [4.78, 5) is 14.2. The first kappa shape index (κ1) is 7.91. The summed E-state index contributed by atoms with van der Waals surface area (Å²) in [7, 11) is 0. The third-order valence-corrected chi connectivity index (χ3v) is 2.19. The van der Waals surface area contributed by atoms with Crippen LogP contribution in [0.25, 0.3) is 0 Å². The Balaban J connectivity index is 2.40. The van der Waals surface area contributed by atoms with Crippen LogP contribution in [-0.4, -0.2) is 11.1 Å². The van der Waals surface area contributed by atoms with Gasteiger partial charge in [0.1, 0.15) is 0 Å². The largest absolute Gasteiger partial charge is 0.267 e. The zero-order valence-corrected chi connectivity index (χ0v) is 7.15. The number of nitro groups is 1. The van der Waals surface area contributed by atoms with Crippen molar-refractivity contribution in [3.05, 3.63) is 44.8 Å². The summed E-state index contributed by atoms with van der Waals surface area (Å²) in [5, 5.41) is 10.4. The molecule has 1 aliphatic heterocycles. The van der Waals surface area contributed by atoms with Gasteiger partial charge < -0.3 is 0 Å². The van der Waals surface area contributed by atoms with E-state index in [1.54, 1.807) is 12.3 Å². The van der Waals surface area contributed by atoms with Crippen LogP contribution >= 0.6 is 0 Å². The molecule has 0 radical (unpaired) electrons. The number of hydrogen-bond donors (Lipinski definition) is 0. The Kier molecular flexibility index (Phi) is 1.62. The molecule has 2 rings (SSSR count). The van der Waals surface area contributed by atoms with Gasteiger partial charge in [0.05, 0.1) is 10.6 Å². The Labute approximate surface area is 75.1 Å². The van der Waals surface area contributed by atoms with Gasteiger partial charge in [0.2, 0.25) is 0 Å². The third-order valence-electron chi connectivity index (χ3n) is 2.19. The molecule has 13 heavy (non-hydrogen) atoms. The van der Waals surface area contributed by atoms with Crippen LogP contribution in [0.5, 0.6) is 0 Å². The minimum Gasteiger partial charge on any atom is -0.258 e. The molecule has 1 heterocycles. The van der Waals surface area contributed by atoms with E-state index in [1.807, 2.05) is 6.92 Å². The molecule has 0 aromatic heterocycles. The molecule has 0 amide bonds. The molecular formula is C9H8N2O2. The number of nitrogens with zero attached hydrogens (tertiary/aromatic N) is 2.